The van der Waals surface area contributed by atoms with E-state index in [9.17, 15) is 14.3 Å². The summed E-state index contributed by atoms with van der Waals surface area (Å²) < 4.78 is 25.6. The Labute approximate surface area is 205 Å². The number of nitrogens with two attached hydrogens (primary N) is 1. The molecule has 0 aliphatic heterocycles. The monoisotopic (exact) mass is 496 g/mol. The number of halogens is 1. The van der Waals surface area contributed by atoms with Gasteiger partial charge in [0.25, 0.3) is 5.91 Å². The van der Waals surface area contributed by atoms with Gasteiger partial charge >= 0.3 is 0 Å². The van der Waals surface area contributed by atoms with Crippen molar-refractivity contribution in [2.75, 3.05) is 5.32 Å². The minimum Gasteiger partial charge on any atom is -0.393 e. The first-order valence-corrected chi connectivity index (χ1v) is 11.7. The lowest BCUT2D eigenvalue weighted by Crippen LogP contribution is -2.11. The molecule has 3 heterocycles. The summed E-state index contributed by atoms with van der Waals surface area (Å²) in [6.07, 6.45) is -0.218. The number of thiophene rings is 1. The van der Waals surface area contributed by atoms with Crippen molar-refractivity contribution in [1.82, 2.24) is 10.1 Å². The first kappa shape index (κ1) is 24.5. The Morgan fingerprint density at radius 3 is 2.77 bits per heavy atom. The lowest BCUT2D eigenvalue weighted by molar-refractivity contribution is 0.0862. The summed E-state index contributed by atoms with van der Waals surface area (Å²) in [5.74, 6) is 0.0413. The Bertz CT molecular complexity index is 1330. The summed E-state index contributed by atoms with van der Waals surface area (Å²) in [6, 6.07) is 13.5. The smallest absolute Gasteiger partial charge is 0.251 e. The Morgan fingerprint density at radius 2 is 2.09 bits per heavy atom. The number of pyridine rings is 1. The number of hydrogen-bond donors (Lipinski definition) is 3. The van der Waals surface area contributed by atoms with Crippen LogP contribution < -0.4 is 11.1 Å². The van der Waals surface area contributed by atoms with Crippen LogP contribution in [0, 0.1) is 12.7 Å². The van der Waals surface area contributed by atoms with E-state index in [1.165, 1.54) is 17.4 Å². The minimum absolute atomic E-state index is 0.238. The molecule has 4 aromatic rings. The molecular formula is C25H25FN4O4S. The molecule has 0 aliphatic rings. The molecule has 3 aromatic heterocycles. The number of aryl methyl sites for hydroxylation is 1. The maximum Gasteiger partial charge on any atom is 0.251 e. The second kappa shape index (κ2) is 10.8. The molecule has 0 bridgehead atoms. The van der Waals surface area contributed by atoms with Crippen LogP contribution in [0.25, 0.3) is 10.4 Å². The molecule has 0 aliphatic carbocycles. The number of aliphatic hydroxyl groups is 1. The number of ether oxygens (including phenoxy) is 1. The van der Waals surface area contributed by atoms with Gasteiger partial charge in [0.2, 0.25) is 0 Å². The molecule has 35 heavy (non-hydrogen) atoms. The van der Waals surface area contributed by atoms with E-state index < -0.39 is 17.8 Å². The first-order valence-electron chi connectivity index (χ1n) is 10.9. The lowest BCUT2D eigenvalue weighted by Gasteiger charge is -2.08. The van der Waals surface area contributed by atoms with Gasteiger partial charge in [-0.15, -0.1) is 11.3 Å². The van der Waals surface area contributed by atoms with Crippen LogP contribution in [0.15, 0.2) is 53.1 Å². The molecule has 1 unspecified atom stereocenters. The number of hydrogen-bond acceptors (Lipinski definition) is 8. The highest BCUT2D eigenvalue weighted by Crippen LogP contribution is 2.38. The van der Waals surface area contributed by atoms with Gasteiger partial charge in [0, 0.05) is 16.5 Å². The van der Waals surface area contributed by atoms with Crippen LogP contribution >= 0.6 is 11.3 Å². The predicted octanol–water partition coefficient (Wildman–Crippen LogP) is 4.73. The second-order valence-corrected chi connectivity index (χ2v) is 9.20. The highest BCUT2D eigenvalue weighted by atomic mass is 32.1. The van der Waals surface area contributed by atoms with Crippen LogP contribution in [0.3, 0.4) is 0 Å². The zero-order valence-electron chi connectivity index (χ0n) is 19.2. The highest BCUT2D eigenvalue weighted by molar-refractivity contribution is 7.19. The third kappa shape index (κ3) is 6.30. The van der Waals surface area contributed by atoms with Gasteiger partial charge in [-0.3, -0.25) is 4.79 Å². The molecule has 0 spiro atoms. The standard InChI is InChI=1S/C25H25FN4O4S/c1-14-8-18(34-30-14)13-33-12-17-4-3-5-23(28-17)29-25-20(24(27)32)11-22(35-25)19-7-6-16(9-15(2)31)10-21(19)26/h3-8,10-11,15,31H,9,12-13H2,1-2H3,(H2,27,32)(H,28,29). The van der Waals surface area contributed by atoms with Crippen molar-refractivity contribution in [3.8, 4) is 10.4 Å². The molecule has 182 valence electrons. The Balaban J connectivity index is 1.50. The van der Waals surface area contributed by atoms with Crippen molar-refractivity contribution in [2.24, 2.45) is 5.73 Å². The van der Waals surface area contributed by atoms with Crippen molar-refractivity contribution in [3.63, 3.8) is 0 Å². The Kier molecular flexibility index (Phi) is 7.54. The number of aromatic nitrogens is 2. The average molecular weight is 497 g/mol. The first-order chi connectivity index (χ1) is 16.8. The Hall–Kier alpha value is -3.60. The molecule has 4 rings (SSSR count). The summed E-state index contributed by atoms with van der Waals surface area (Å²) in [6.45, 7) is 4.00. The third-order valence-corrected chi connectivity index (χ3v) is 6.13. The minimum atomic E-state index is -0.636. The van der Waals surface area contributed by atoms with Gasteiger partial charge in [0.15, 0.2) is 5.76 Å². The van der Waals surface area contributed by atoms with Gasteiger partial charge < -0.3 is 25.4 Å². The van der Waals surface area contributed by atoms with Crippen LogP contribution in [-0.4, -0.2) is 27.3 Å². The van der Waals surface area contributed by atoms with Crippen LogP contribution in [0.2, 0.25) is 0 Å². The summed E-state index contributed by atoms with van der Waals surface area (Å²) >= 11 is 1.20. The SMILES string of the molecule is Cc1cc(COCc2cccc(Nc3sc(-c4ccc(CC(C)O)cc4F)cc3C(N)=O)n2)on1. The van der Waals surface area contributed by atoms with Crippen LogP contribution in [0.1, 0.15) is 40.0 Å². The lowest BCUT2D eigenvalue weighted by atomic mass is 10.0. The van der Waals surface area contributed by atoms with E-state index in [-0.39, 0.29) is 18.8 Å². The maximum absolute atomic E-state index is 14.8. The number of aliphatic hydroxyl groups excluding tert-OH is 1. The van der Waals surface area contributed by atoms with Gasteiger partial charge in [0.1, 0.15) is 23.2 Å². The number of anilines is 2. The average Bonchev–Trinajstić information content (AvgIpc) is 3.40. The second-order valence-electron chi connectivity index (χ2n) is 8.15. The fourth-order valence-corrected chi connectivity index (χ4v) is 4.61. The van der Waals surface area contributed by atoms with E-state index in [0.717, 1.165) is 5.69 Å². The number of carbonyl (C=O) groups is 1. The number of nitrogens with zero attached hydrogens (tertiary/aromatic N) is 2. The molecule has 0 saturated heterocycles. The number of nitrogens with one attached hydrogen (secondary N) is 1. The van der Waals surface area contributed by atoms with Crippen molar-refractivity contribution < 1.29 is 23.6 Å². The number of carbonyl (C=O) groups excluding carboxylic acids is 1. The largest absolute Gasteiger partial charge is 0.393 e. The molecule has 1 atom stereocenters. The zero-order valence-corrected chi connectivity index (χ0v) is 20.1. The summed E-state index contributed by atoms with van der Waals surface area (Å²) in [5.41, 5.74) is 8.30. The summed E-state index contributed by atoms with van der Waals surface area (Å²) in [5, 5.41) is 16.9. The topological polar surface area (TPSA) is 123 Å². The number of amides is 1. The normalized spacial score (nSPS) is 12.0. The molecule has 0 radical (unpaired) electrons. The fraction of sp³-hybridized carbons (Fsp3) is 0.240. The fourth-order valence-electron chi connectivity index (χ4n) is 3.51. The molecule has 0 fully saturated rings. The van der Waals surface area contributed by atoms with Gasteiger partial charge in [-0.1, -0.05) is 23.4 Å². The number of primary amides is 1. The van der Waals surface area contributed by atoms with Crippen molar-refractivity contribution in [2.45, 2.75) is 39.6 Å². The van der Waals surface area contributed by atoms with Crippen LogP contribution in [0.5, 0.6) is 0 Å². The number of rotatable bonds is 10. The molecular weight excluding hydrogens is 471 g/mol. The molecule has 10 heteroatoms. The zero-order chi connectivity index (χ0) is 24.9. The molecule has 1 aromatic carbocycles. The van der Waals surface area contributed by atoms with E-state index in [4.69, 9.17) is 15.0 Å². The number of benzene rings is 1. The quantitative estimate of drug-likeness (QED) is 0.290. The Morgan fingerprint density at radius 1 is 1.26 bits per heavy atom. The van der Waals surface area contributed by atoms with Crippen molar-refractivity contribution >= 4 is 28.1 Å². The van der Waals surface area contributed by atoms with Crippen molar-refractivity contribution in [3.05, 3.63) is 82.6 Å². The highest BCUT2D eigenvalue weighted by Gasteiger charge is 2.18. The van der Waals surface area contributed by atoms with E-state index >= 15 is 0 Å². The van der Waals surface area contributed by atoms with Crippen molar-refractivity contribution in [1.29, 1.82) is 0 Å². The van der Waals surface area contributed by atoms with E-state index in [2.05, 4.69) is 15.5 Å². The maximum atomic E-state index is 14.8. The predicted molar refractivity (Wildman–Crippen MR) is 131 cm³/mol. The van der Waals surface area contributed by atoms with E-state index in [0.29, 0.717) is 44.7 Å². The third-order valence-electron chi connectivity index (χ3n) is 5.05. The van der Waals surface area contributed by atoms with Crippen LogP contribution in [-0.2, 0) is 24.4 Å². The van der Waals surface area contributed by atoms with Gasteiger partial charge in [-0.25, -0.2) is 9.37 Å². The van der Waals surface area contributed by atoms with Crippen LogP contribution in [0.4, 0.5) is 15.2 Å². The van der Waals surface area contributed by atoms with Gasteiger partial charge in [0.05, 0.1) is 29.7 Å². The van der Waals surface area contributed by atoms with Gasteiger partial charge in [-0.2, -0.15) is 0 Å². The molecule has 0 saturated carbocycles. The summed E-state index contributed by atoms with van der Waals surface area (Å²) in [4.78, 5) is 17.1. The summed E-state index contributed by atoms with van der Waals surface area (Å²) in [7, 11) is 0. The molecule has 4 N–H and O–H groups in total. The van der Waals surface area contributed by atoms with E-state index in [1.807, 2.05) is 19.1 Å². The van der Waals surface area contributed by atoms with E-state index in [1.54, 1.807) is 37.3 Å². The molecule has 1 amide bonds. The van der Waals surface area contributed by atoms with Gasteiger partial charge in [-0.05, 0) is 50.1 Å². The molecule has 8 nitrogen and oxygen atoms in total.